The van der Waals surface area contributed by atoms with Gasteiger partial charge in [-0.15, -0.1) is 11.8 Å². The summed E-state index contributed by atoms with van der Waals surface area (Å²) in [6, 6.07) is 21.7. The first-order valence-corrected chi connectivity index (χ1v) is 18.5. The zero-order valence-corrected chi connectivity index (χ0v) is 27.7. The molecule has 3 aromatic carbocycles. The SMILES string of the molecule is C.CSc1ccc(B(O)O)cc1.Cc1ccc(S(=O)(=O)n2cc(-c3ccc(S(=O)(=O)N4CCCC4)cc3)c3c(Cl)ccnc32)cc1. The maximum Gasteiger partial charge on any atom is 0.488 e. The number of pyridine rings is 1. The Morgan fingerprint density at radius 1 is 0.826 bits per heavy atom. The first-order valence-electron chi connectivity index (χ1n) is 14.0. The quantitative estimate of drug-likeness (QED) is 0.171. The summed E-state index contributed by atoms with van der Waals surface area (Å²) in [5.74, 6) is 0. The van der Waals surface area contributed by atoms with E-state index < -0.39 is 27.2 Å². The van der Waals surface area contributed by atoms with Crippen molar-refractivity contribution in [2.24, 2.45) is 0 Å². The molecule has 3 heterocycles. The van der Waals surface area contributed by atoms with E-state index in [1.165, 1.54) is 16.7 Å². The number of rotatable bonds is 7. The fourth-order valence-corrected chi connectivity index (χ4v) is 8.46. The van der Waals surface area contributed by atoms with Crippen LogP contribution in [0.4, 0.5) is 0 Å². The van der Waals surface area contributed by atoms with Crippen molar-refractivity contribution < 1.29 is 26.9 Å². The van der Waals surface area contributed by atoms with Crippen molar-refractivity contribution in [3.63, 3.8) is 0 Å². The Morgan fingerprint density at radius 3 is 1.96 bits per heavy atom. The number of fused-ring (bicyclic) bond motifs is 1. The standard InChI is InChI=1S/C24H22ClN3O4S2.C7H9BO2S.CH4/c1-17-4-8-20(9-5-17)34(31,32)28-16-21(23-22(25)12-13-26-24(23)28)18-6-10-19(11-7-18)33(29,30)27-14-2-3-15-27;1-11-7-4-2-6(3-5-7)8(9)10;/h4-13,16H,2-3,14-15H2,1H3;2-5,9-10H,1H3;1H4. The topological polar surface area (TPSA) is 130 Å². The molecule has 2 N–H and O–H groups in total. The fourth-order valence-electron chi connectivity index (χ4n) is 4.97. The number of halogens is 1. The lowest BCUT2D eigenvalue weighted by Gasteiger charge is -2.15. The normalized spacial score (nSPS) is 13.6. The fraction of sp³-hybridized carbons (Fsp3) is 0.219. The predicted molar refractivity (Wildman–Crippen MR) is 187 cm³/mol. The lowest BCUT2D eigenvalue weighted by atomic mass is 9.81. The Labute approximate surface area is 280 Å². The van der Waals surface area contributed by atoms with Crippen LogP contribution < -0.4 is 5.46 Å². The zero-order chi connectivity index (χ0) is 32.4. The van der Waals surface area contributed by atoms with Gasteiger partial charge in [0.1, 0.15) is 0 Å². The second-order valence-corrected chi connectivity index (χ2v) is 15.5. The molecule has 0 spiro atoms. The van der Waals surface area contributed by atoms with Crippen LogP contribution in [0.25, 0.3) is 22.2 Å². The highest BCUT2D eigenvalue weighted by Crippen LogP contribution is 2.37. The van der Waals surface area contributed by atoms with Crippen molar-refractivity contribution in [3.8, 4) is 11.1 Å². The molecular weight excluding hydrogens is 665 g/mol. The average Bonchev–Trinajstić information content (AvgIpc) is 3.72. The molecule has 9 nitrogen and oxygen atoms in total. The van der Waals surface area contributed by atoms with E-state index in [-0.39, 0.29) is 22.9 Å². The van der Waals surface area contributed by atoms with Crippen LogP contribution in [-0.2, 0) is 20.0 Å². The van der Waals surface area contributed by atoms with Gasteiger partial charge < -0.3 is 10.0 Å². The van der Waals surface area contributed by atoms with Gasteiger partial charge in [0.25, 0.3) is 10.0 Å². The molecule has 0 unspecified atom stereocenters. The number of sulfonamides is 1. The molecule has 46 heavy (non-hydrogen) atoms. The van der Waals surface area contributed by atoms with E-state index in [9.17, 15) is 16.8 Å². The molecule has 0 radical (unpaired) electrons. The average molecular weight is 700 g/mol. The second-order valence-electron chi connectivity index (χ2n) is 10.4. The number of aromatic nitrogens is 2. The molecule has 1 fully saturated rings. The van der Waals surface area contributed by atoms with E-state index in [1.54, 1.807) is 78.5 Å². The predicted octanol–water partition coefficient (Wildman–Crippen LogP) is 5.41. The lowest BCUT2D eigenvalue weighted by Crippen LogP contribution is -2.29. The van der Waals surface area contributed by atoms with Crippen LogP contribution in [0.1, 0.15) is 25.8 Å². The number of thioether (sulfide) groups is 1. The van der Waals surface area contributed by atoms with Gasteiger partial charge in [0.05, 0.1) is 14.8 Å². The monoisotopic (exact) mass is 699 g/mol. The van der Waals surface area contributed by atoms with Crippen molar-refractivity contribution in [3.05, 3.63) is 102 Å². The maximum atomic E-state index is 13.4. The molecule has 242 valence electrons. The molecule has 6 rings (SSSR count). The minimum absolute atomic E-state index is 0. The third-order valence-electron chi connectivity index (χ3n) is 7.46. The maximum absolute atomic E-state index is 13.4. The minimum Gasteiger partial charge on any atom is -0.423 e. The summed E-state index contributed by atoms with van der Waals surface area (Å²) in [4.78, 5) is 5.76. The molecule has 0 aliphatic carbocycles. The Hall–Kier alpha value is -3.17. The Kier molecular flexibility index (Phi) is 11.4. The highest BCUT2D eigenvalue weighted by molar-refractivity contribution is 7.98. The summed E-state index contributed by atoms with van der Waals surface area (Å²) in [5.41, 5.74) is 2.87. The van der Waals surface area contributed by atoms with Crippen LogP contribution in [-0.4, -0.2) is 66.6 Å². The number of hydrogen-bond acceptors (Lipinski definition) is 8. The molecule has 0 bridgehead atoms. The Bertz CT molecular complexity index is 2010. The molecule has 0 amide bonds. The van der Waals surface area contributed by atoms with Crippen LogP contribution in [0.15, 0.2) is 106 Å². The van der Waals surface area contributed by atoms with Gasteiger partial charge in [-0.25, -0.2) is 25.8 Å². The van der Waals surface area contributed by atoms with Crippen LogP contribution in [0.5, 0.6) is 0 Å². The van der Waals surface area contributed by atoms with Crippen molar-refractivity contribution in [2.45, 2.75) is 41.9 Å². The Morgan fingerprint density at radius 2 is 1.39 bits per heavy atom. The van der Waals surface area contributed by atoms with E-state index in [2.05, 4.69) is 4.98 Å². The molecule has 1 aliphatic rings. The van der Waals surface area contributed by atoms with Gasteiger partial charge in [-0.1, -0.05) is 61.0 Å². The summed E-state index contributed by atoms with van der Waals surface area (Å²) >= 11 is 8.11. The Balaban J connectivity index is 0.000000341. The molecule has 14 heteroatoms. The van der Waals surface area contributed by atoms with E-state index >= 15 is 0 Å². The van der Waals surface area contributed by atoms with E-state index in [4.69, 9.17) is 21.6 Å². The van der Waals surface area contributed by atoms with Crippen molar-refractivity contribution in [1.82, 2.24) is 13.3 Å². The van der Waals surface area contributed by atoms with Crippen LogP contribution in [0.2, 0.25) is 5.02 Å². The molecule has 1 aliphatic heterocycles. The summed E-state index contributed by atoms with van der Waals surface area (Å²) in [5, 5.41) is 18.3. The smallest absolute Gasteiger partial charge is 0.423 e. The van der Waals surface area contributed by atoms with Crippen molar-refractivity contribution in [2.75, 3.05) is 19.3 Å². The number of aryl methyl sites for hydroxylation is 1. The van der Waals surface area contributed by atoms with Gasteiger partial charge in [-0.05, 0) is 79.5 Å². The molecule has 5 aromatic rings. The molecule has 0 atom stereocenters. The lowest BCUT2D eigenvalue weighted by molar-refractivity contribution is 0.425. The third-order valence-corrected chi connectivity index (χ3v) is 12.1. The van der Waals surface area contributed by atoms with E-state index in [1.807, 2.05) is 25.3 Å². The van der Waals surface area contributed by atoms with Gasteiger partial charge in [0, 0.05) is 41.3 Å². The third kappa shape index (κ3) is 7.36. The molecule has 0 saturated carbocycles. The van der Waals surface area contributed by atoms with Crippen LogP contribution in [0.3, 0.4) is 0 Å². The first kappa shape index (κ1) is 35.7. The van der Waals surface area contributed by atoms with Gasteiger partial charge in [-0.2, -0.15) is 4.31 Å². The molecule has 1 saturated heterocycles. The van der Waals surface area contributed by atoms with E-state index in [0.29, 0.717) is 40.1 Å². The van der Waals surface area contributed by atoms with Gasteiger partial charge in [0.2, 0.25) is 10.0 Å². The number of hydrogen-bond donors (Lipinski definition) is 2. The summed E-state index contributed by atoms with van der Waals surface area (Å²) in [7, 11) is -8.84. The van der Waals surface area contributed by atoms with Gasteiger partial charge in [0.15, 0.2) is 5.65 Å². The largest absolute Gasteiger partial charge is 0.488 e. The summed E-state index contributed by atoms with van der Waals surface area (Å²) < 4.78 is 55.3. The summed E-state index contributed by atoms with van der Waals surface area (Å²) in [6.07, 6.45) is 6.64. The van der Waals surface area contributed by atoms with Gasteiger partial charge in [-0.3, -0.25) is 0 Å². The highest BCUT2D eigenvalue weighted by Gasteiger charge is 2.28. The van der Waals surface area contributed by atoms with E-state index in [0.717, 1.165) is 27.3 Å². The number of benzene rings is 3. The summed E-state index contributed by atoms with van der Waals surface area (Å²) in [6.45, 7) is 2.93. The molecular formula is C32H35BClN3O6S3. The van der Waals surface area contributed by atoms with Crippen molar-refractivity contribution in [1.29, 1.82) is 0 Å². The zero-order valence-electron chi connectivity index (χ0n) is 24.5. The molecule has 2 aromatic heterocycles. The van der Waals surface area contributed by atoms with Crippen molar-refractivity contribution >= 4 is 67.0 Å². The highest BCUT2D eigenvalue weighted by atomic mass is 35.5. The van der Waals surface area contributed by atoms with Gasteiger partial charge >= 0.3 is 7.12 Å². The first-order chi connectivity index (χ1) is 21.4. The number of nitrogens with zero attached hydrogens (tertiary/aromatic N) is 3. The second kappa shape index (κ2) is 14.7. The minimum atomic E-state index is -3.94. The van der Waals surface area contributed by atoms with Crippen LogP contribution >= 0.6 is 23.4 Å². The van der Waals surface area contributed by atoms with Crippen LogP contribution in [0, 0.1) is 6.92 Å².